The van der Waals surface area contributed by atoms with Crippen molar-refractivity contribution in [3.8, 4) is 11.3 Å². The molecule has 1 aromatic heterocycles. The molecule has 0 N–H and O–H groups in total. The van der Waals surface area contributed by atoms with Crippen LogP contribution in [0.15, 0.2) is 78.3 Å². The molecule has 0 amide bonds. The van der Waals surface area contributed by atoms with Gasteiger partial charge in [0, 0.05) is 21.7 Å². The number of aromatic nitrogens is 2. The van der Waals surface area contributed by atoms with Gasteiger partial charge in [-0.2, -0.15) is 4.57 Å². The molecular weight excluding hydrogens is 981 g/mol. The first-order valence-corrected chi connectivity index (χ1v) is 18.3. The van der Waals surface area contributed by atoms with Crippen LogP contribution in [-0.2, 0) is 6.54 Å². The summed E-state index contributed by atoms with van der Waals surface area (Å²) in [7, 11) is 0. The van der Waals surface area contributed by atoms with Gasteiger partial charge >= 0.3 is 0 Å². The van der Waals surface area contributed by atoms with Crippen LogP contribution < -0.4 is 26.4 Å². The number of ketones is 1. The average molecular weight is 995 g/mol. The lowest BCUT2D eigenvalue weighted by Gasteiger charge is -2.44. The van der Waals surface area contributed by atoms with E-state index in [1.54, 1.807) is 48.9 Å². The number of carbonyl (C=O) groups excluding carboxylic acids is 1. The van der Waals surface area contributed by atoms with Gasteiger partial charge in [-0.1, -0.05) is 47.6 Å². The predicted octanol–water partition coefficient (Wildman–Crippen LogP) is 9.71. The summed E-state index contributed by atoms with van der Waals surface area (Å²) in [6.07, 6.45) is -2.13. The summed E-state index contributed by atoms with van der Waals surface area (Å²) in [5, 5.41) is 3.61. The van der Waals surface area contributed by atoms with E-state index in [4.69, 9.17) is 5.53 Å². The number of nitrogens with zero attached hydrogens (tertiary/aromatic N) is 5. The lowest BCUT2D eigenvalue weighted by Crippen LogP contribution is -2.81. The third kappa shape index (κ3) is 8.31. The van der Waals surface area contributed by atoms with Crippen LogP contribution in [-0.4, -0.2) is 16.9 Å². The van der Waals surface area contributed by atoms with E-state index in [0.717, 1.165) is 11.3 Å². The van der Waals surface area contributed by atoms with Gasteiger partial charge in [0.1, 0.15) is 52.7 Å². The molecule has 27 heteroatoms. The number of rotatable bonds is 9. The first-order valence-electron chi connectivity index (χ1n) is 18.3. The minimum Gasteiger partial charge on any atom is -0.287 e. The maximum Gasteiger partial charge on any atom is 0.231 e. The van der Waals surface area contributed by atoms with E-state index in [1.165, 1.54) is 0 Å². The number of benzene rings is 6. The zero-order chi connectivity index (χ0) is 51.1. The van der Waals surface area contributed by atoms with Gasteiger partial charge in [-0.3, -0.25) is 9.78 Å². The monoisotopic (exact) mass is 995 g/mol. The topological polar surface area (TPSA) is 82.6 Å². The second kappa shape index (κ2) is 19.3. The molecule has 6 aromatic carbocycles. The predicted molar refractivity (Wildman–Crippen MR) is 199 cm³/mol. The van der Waals surface area contributed by atoms with Crippen molar-refractivity contribution in [3.05, 3.63) is 206 Å². The Labute approximate surface area is 369 Å². The summed E-state index contributed by atoms with van der Waals surface area (Å²) in [6, 6.07) is 16.3. The van der Waals surface area contributed by atoms with Crippen LogP contribution in [0.25, 0.3) is 21.7 Å². The van der Waals surface area contributed by atoms with E-state index >= 15 is 35.1 Å². The van der Waals surface area contributed by atoms with Gasteiger partial charge < -0.3 is 0 Å². The highest BCUT2D eigenvalue weighted by Gasteiger charge is 2.52. The van der Waals surface area contributed by atoms with Gasteiger partial charge in [-0.25, -0.2) is 87.8 Å². The molecule has 0 aliphatic carbocycles. The summed E-state index contributed by atoms with van der Waals surface area (Å²) in [4.78, 5) is 19.4. The summed E-state index contributed by atoms with van der Waals surface area (Å²) < 4.78 is 296. The van der Waals surface area contributed by atoms with Gasteiger partial charge in [0.25, 0.3) is 0 Å². The molecule has 0 aliphatic rings. The minimum absolute atomic E-state index is 0.0132. The zero-order valence-corrected chi connectivity index (χ0v) is 32.9. The molecule has 356 valence electrons. The number of azide groups is 1. The first-order chi connectivity index (χ1) is 32.5. The van der Waals surface area contributed by atoms with Crippen LogP contribution >= 0.6 is 0 Å². The number of hydrogen-bond donors (Lipinski definition) is 0. The Bertz CT molecular complexity index is 2920. The van der Waals surface area contributed by atoms with E-state index in [1.807, 2.05) is 28.8 Å². The van der Waals surface area contributed by atoms with Crippen molar-refractivity contribution < 1.29 is 97.2 Å². The van der Waals surface area contributed by atoms with Crippen LogP contribution in [0, 0.1) is 116 Å². The van der Waals surface area contributed by atoms with Gasteiger partial charge in [-0.15, -0.1) is 21.9 Å². The first kappa shape index (κ1) is 50.5. The molecule has 1 heterocycles. The molecule has 0 saturated carbocycles. The van der Waals surface area contributed by atoms with Gasteiger partial charge in [0.15, 0.2) is 76.0 Å². The van der Waals surface area contributed by atoms with E-state index in [0.29, 0.717) is 11.3 Å². The highest BCUT2D eigenvalue weighted by atomic mass is 19.2. The molecule has 0 fully saturated rings. The Morgan fingerprint density at radius 1 is 0.493 bits per heavy atom. The fraction of sp³-hybridized carbons (Fsp3) is 0.0238. The highest BCUT2D eigenvalue weighted by Crippen LogP contribution is 2.31. The van der Waals surface area contributed by atoms with E-state index < -0.39 is 144 Å². The standard InChI is InChI=1S/C24BF20.C18H14N5O/c26-5-1(6(27)14(35)21(42)13(5)34)25(2-7(28)15(36)22(43)16(37)8(2)29,3-9(30)17(38)23(44)18(39)10(3)31)4-11(32)19(40)24(45)20(41)12(4)33;19-22-21-16-8-4-7-15(11-16)17-12-20-9-10-23(17)13-18(24)14-5-2-1-3-6-14/h;1-12H,13H2/q-1;+1. The second-order valence-corrected chi connectivity index (χ2v) is 13.9. The third-order valence-corrected chi connectivity index (χ3v) is 10.3. The number of hydrogen-bond acceptors (Lipinski definition) is 3. The van der Waals surface area contributed by atoms with Crippen LogP contribution in [0.3, 0.4) is 0 Å². The quantitative estimate of drug-likeness (QED) is 0.0166. The van der Waals surface area contributed by atoms with Gasteiger partial charge in [0.05, 0.1) is 12.4 Å². The van der Waals surface area contributed by atoms with Crippen molar-refractivity contribution in [2.24, 2.45) is 5.11 Å². The summed E-state index contributed by atoms with van der Waals surface area (Å²) in [5.41, 5.74) is -2.97. The molecule has 0 spiro atoms. The van der Waals surface area contributed by atoms with Crippen LogP contribution in [0.4, 0.5) is 93.5 Å². The Kier molecular flexibility index (Phi) is 14.1. The zero-order valence-electron chi connectivity index (χ0n) is 32.9. The highest BCUT2D eigenvalue weighted by molar-refractivity contribution is 7.20. The van der Waals surface area contributed by atoms with E-state index in [-0.39, 0.29) is 12.3 Å². The lowest BCUT2D eigenvalue weighted by molar-refractivity contribution is -0.672. The molecule has 7 aromatic rings. The molecule has 6 nitrogen and oxygen atoms in total. The largest absolute Gasteiger partial charge is 0.287 e. The molecule has 0 atom stereocenters. The minimum atomic E-state index is -7.22. The average Bonchev–Trinajstić information content (AvgIpc) is 3.34. The summed E-state index contributed by atoms with van der Waals surface area (Å²) in [5.74, 6) is -71.4. The molecule has 0 aliphatic heterocycles. The Morgan fingerprint density at radius 3 is 1.19 bits per heavy atom. The second-order valence-electron chi connectivity index (χ2n) is 13.9. The maximum absolute atomic E-state index is 15.4. The SMILES string of the molecule is Fc1c(F)c(F)c([B-](c2c(F)c(F)c(F)c(F)c2F)(c2c(F)c(F)c(F)c(F)c2F)c2c(F)c(F)c(F)c(F)c2F)c(F)c1F.[N-]=[N+]=Nc1cccc(-c2cncc[n+]2CC(=O)c2ccccc2)c1. The Balaban J connectivity index is 0.000000273. The fourth-order valence-electron chi connectivity index (χ4n) is 7.29. The third-order valence-electron chi connectivity index (χ3n) is 10.3. The Hall–Kier alpha value is -7.96. The number of Topliss-reactive ketones (excluding diaryl/α,β-unsaturated/α-hetero) is 1. The maximum atomic E-state index is 15.4. The molecule has 0 saturated heterocycles. The van der Waals surface area contributed by atoms with Crippen molar-refractivity contribution in [1.29, 1.82) is 0 Å². The summed E-state index contributed by atoms with van der Waals surface area (Å²) >= 11 is 0. The molecule has 69 heavy (non-hydrogen) atoms. The van der Waals surface area contributed by atoms with Crippen molar-refractivity contribution in [3.63, 3.8) is 0 Å². The van der Waals surface area contributed by atoms with Crippen molar-refractivity contribution in [2.75, 3.05) is 0 Å². The van der Waals surface area contributed by atoms with Crippen molar-refractivity contribution >= 4 is 39.5 Å². The van der Waals surface area contributed by atoms with Crippen LogP contribution in [0.2, 0.25) is 0 Å². The number of halogens is 20. The van der Waals surface area contributed by atoms with Gasteiger partial charge in [0.2, 0.25) is 18.0 Å². The van der Waals surface area contributed by atoms with Gasteiger partial charge in [-0.05, 0) is 17.7 Å². The lowest BCUT2D eigenvalue weighted by atomic mass is 9.12. The normalized spacial score (nSPS) is 11.3. The van der Waals surface area contributed by atoms with E-state index in [9.17, 15) is 57.5 Å². The molecular formula is C42H14BF20N5O. The molecule has 0 unspecified atom stereocenters. The van der Waals surface area contributed by atoms with Crippen LogP contribution in [0.1, 0.15) is 10.4 Å². The molecule has 0 bridgehead atoms. The smallest absolute Gasteiger partial charge is 0.231 e. The molecule has 0 radical (unpaired) electrons. The number of carbonyl (C=O) groups is 1. The summed E-state index contributed by atoms with van der Waals surface area (Å²) in [6.45, 7) is 0.202. The van der Waals surface area contributed by atoms with Crippen molar-refractivity contribution in [1.82, 2.24) is 4.98 Å². The van der Waals surface area contributed by atoms with Crippen molar-refractivity contribution in [2.45, 2.75) is 6.54 Å². The Morgan fingerprint density at radius 2 is 0.841 bits per heavy atom. The fourth-order valence-corrected chi connectivity index (χ4v) is 7.29. The van der Waals surface area contributed by atoms with Crippen LogP contribution in [0.5, 0.6) is 0 Å². The molecule has 7 rings (SSSR count). The van der Waals surface area contributed by atoms with E-state index in [2.05, 4.69) is 15.0 Å².